The van der Waals surface area contributed by atoms with Gasteiger partial charge in [-0.2, -0.15) is 0 Å². The Morgan fingerprint density at radius 1 is 1.40 bits per heavy atom. The van der Waals surface area contributed by atoms with Crippen LogP contribution in [0.4, 0.5) is 0 Å². The number of nitrogens with two attached hydrogens (primary N) is 1. The van der Waals surface area contributed by atoms with Gasteiger partial charge in [0.2, 0.25) is 0 Å². The molecule has 0 aliphatic carbocycles. The van der Waals surface area contributed by atoms with Crippen molar-refractivity contribution in [3.8, 4) is 0 Å². The first-order chi connectivity index (χ1) is 6.99. The van der Waals surface area contributed by atoms with Crippen LogP contribution in [-0.2, 0) is 6.42 Å². The van der Waals surface area contributed by atoms with Crippen molar-refractivity contribution in [2.45, 2.75) is 25.8 Å². The number of rotatable bonds is 4. The van der Waals surface area contributed by atoms with Crippen molar-refractivity contribution in [1.29, 1.82) is 0 Å². The number of hydrogen-bond acceptors (Lipinski definition) is 1. The van der Waals surface area contributed by atoms with Gasteiger partial charge in [0, 0.05) is 6.04 Å². The van der Waals surface area contributed by atoms with E-state index < -0.39 is 0 Å². The lowest BCUT2D eigenvalue weighted by Crippen LogP contribution is -2.22. The van der Waals surface area contributed by atoms with Crippen LogP contribution in [0.3, 0.4) is 0 Å². The summed E-state index contributed by atoms with van der Waals surface area (Å²) in [7, 11) is 0. The average Bonchev–Trinajstić information content (AvgIpc) is 2.10. The molecular weight excluding hydrogens is 229 g/mol. The third-order valence-corrected chi connectivity index (χ3v) is 2.83. The average molecular weight is 244 g/mol. The highest BCUT2D eigenvalue weighted by Crippen LogP contribution is 2.23. The molecule has 0 aromatic heterocycles. The van der Waals surface area contributed by atoms with Gasteiger partial charge < -0.3 is 5.73 Å². The fourth-order valence-electron chi connectivity index (χ4n) is 1.49. The Morgan fingerprint density at radius 3 is 2.60 bits per heavy atom. The standard InChI is InChI=1S/C12H15Cl2N/c1-8(2)5-10(15)6-9-3-4-11(13)12(14)7-9/h3-4,7,10H,1,5-6,15H2,2H3. The lowest BCUT2D eigenvalue weighted by atomic mass is 10.0. The molecular formula is C12H15Cl2N. The van der Waals surface area contributed by atoms with E-state index >= 15 is 0 Å². The molecule has 1 unspecified atom stereocenters. The van der Waals surface area contributed by atoms with Gasteiger partial charge in [0.05, 0.1) is 10.0 Å². The van der Waals surface area contributed by atoms with Gasteiger partial charge >= 0.3 is 0 Å². The van der Waals surface area contributed by atoms with E-state index in [2.05, 4.69) is 6.58 Å². The second-order valence-electron chi connectivity index (χ2n) is 3.87. The van der Waals surface area contributed by atoms with Crippen molar-refractivity contribution in [3.05, 3.63) is 46.0 Å². The summed E-state index contributed by atoms with van der Waals surface area (Å²) in [6.07, 6.45) is 1.63. The summed E-state index contributed by atoms with van der Waals surface area (Å²) in [4.78, 5) is 0. The maximum Gasteiger partial charge on any atom is 0.0595 e. The van der Waals surface area contributed by atoms with Gasteiger partial charge in [-0.05, 0) is 37.5 Å². The summed E-state index contributed by atoms with van der Waals surface area (Å²) < 4.78 is 0. The van der Waals surface area contributed by atoms with Crippen molar-refractivity contribution >= 4 is 23.2 Å². The van der Waals surface area contributed by atoms with E-state index in [-0.39, 0.29) is 6.04 Å². The molecule has 82 valence electrons. The topological polar surface area (TPSA) is 26.0 Å². The maximum absolute atomic E-state index is 5.96. The van der Waals surface area contributed by atoms with Gasteiger partial charge in [0.25, 0.3) is 0 Å². The molecule has 1 aromatic rings. The minimum atomic E-state index is 0.0970. The van der Waals surface area contributed by atoms with Crippen molar-refractivity contribution in [3.63, 3.8) is 0 Å². The van der Waals surface area contributed by atoms with Crippen LogP contribution in [0.15, 0.2) is 30.4 Å². The van der Waals surface area contributed by atoms with Crippen LogP contribution in [0.5, 0.6) is 0 Å². The van der Waals surface area contributed by atoms with Gasteiger partial charge in [-0.1, -0.05) is 34.8 Å². The molecule has 1 nitrogen and oxygen atoms in total. The van der Waals surface area contributed by atoms with Crippen molar-refractivity contribution < 1.29 is 0 Å². The first-order valence-electron chi connectivity index (χ1n) is 4.83. The highest BCUT2D eigenvalue weighted by molar-refractivity contribution is 6.42. The zero-order valence-corrected chi connectivity index (χ0v) is 10.3. The molecule has 0 amide bonds. The Balaban J connectivity index is 2.64. The molecule has 15 heavy (non-hydrogen) atoms. The summed E-state index contributed by atoms with van der Waals surface area (Å²) >= 11 is 11.7. The van der Waals surface area contributed by atoms with E-state index in [1.807, 2.05) is 19.1 Å². The number of benzene rings is 1. The molecule has 1 aromatic carbocycles. The second-order valence-corrected chi connectivity index (χ2v) is 4.69. The van der Waals surface area contributed by atoms with Crippen LogP contribution in [0, 0.1) is 0 Å². The number of hydrogen-bond donors (Lipinski definition) is 1. The summed E-state index contributed by atoms with van der Waals surface area (Å²) in [5.41, 5.74) is 8.17. The van der Waals surface area contributed by atoms with Crippen molar-refractivity contribution in [1.82, 2.24) is 0 Å². The Bertz CT molecular complexity index is 361. The Hall–Kier alpha value is -0.500. The maximum atomic E-state index is 5.96. The Kier molecular flexibility index (Phi) is 4.65. The van der Waals surface area contributed by atoms with Crippen molar-refractivity contribution in [2.75, 3.05) is 0 Å². The molecule has 3 heteroatoms. The smallest absolute Gasteiger partial charge is 0.0595 e. The molecule has 0 spiro atoms. The molecule has 0 saturated heterocycles. The summed E-state index contributed by atoms with van der Waals surface area (Å²) in [6.45, 7) is 5.82. The van der Waals surface area contributed by atoms with E-state index in [0.717, 1.165) is 24.0 Å². The second kappa shape index (κ2) is 5.55. The summed E-state index contributed by atoms with van der Waals surface area (Å²) in [6, 6.07) is 5.71. The minimum absolute atomic E-state index is 0.0970. The lowest BCUT2D eigenvalue weighted by Gasteiger charge is -2.11. The molecule has 2 N–H and O–H groups in total. The normalized spacial score (nSPS) is 12.5. The third-order valence-electron chi connectivity index (χ3n) is 2.09. The van der Waals surface area contributed by atoms with Crippen LogP contribution in [-0.4, -0.2) is 6.04 Å². The molecule has 0 saturated carbocycles. The Labute approximate surface area is 101 Å². The highest BCUT2D eigenvalue weighted by atomic mass is 35.5. The molecule has 0 radical (unpaired) electrons. The van der Waals surface area contributed by atoms with Crippen molar-refractivity contribution in [2.24, 2.45) is 5.73 Å². The van der Waals surface area contributed by atoms with Crippen LogP contribution in [0.1, 0.15) is 18.9 Å². The zero-order chi connectivity index (χ0) is 11.4. The van der Waals surface area contributed by atoms with E-state index in [4.69, 9.17) is 28.9 Å². The van der Waals surface area contributed by atoms with Crippen LogP contribution in [0.25, 0.3) is 0 Å². The van der Waals surface area contributed by atoms with Gasteiger partial charge in [-0.3, -0.25) is 0 Å². The van der Waals surface area contributed by atoms with Crippen LogP contribution < -0.4 is 5.73 Å². The third kappa shape index (κ3) is 4.25. The predicted octanol–water partition coefficient (Wildman–Crippen LogP) is 3.83. The largest absolute Gasteiger partial charge is 0.327 e. The fraction of sp³-hybridized carbons (Fsp3) is 0.333. The molecule has 0 fully saturated rings. The lowest BCUT2D eigenvalue weighted by molar-refractivity contribution is 0.661. The van der Waals surface area contributed by atoms with E-state index in [1.54, 1.807) is 6.07 Å². The van der Waals surface area contributed by atoms with Gasteiger partial charge in [-0.15, -0.1) is 6.58 Å². The highest BCUT2D eigenvalue weighted by Gasteiger charge is 2.06. The fourth-order valence-corrected chi connectivity index (χ4v) is 1.81. The van der Waals surface area contributed by atoms with E-state index in [9.17, 15) is 0 Å². The SMILES string of the molecule is C=C(C)CC(N)Cc1ccc(Cl)c(Cl)c1. The van der Waals surface area contributed by atoms with Gasteiger partial charge in [0.15, 0.2) is 0 Å². The molecule has 0 aliphatic heterocycles. The van der Waals surface area contributed by atoms with E-state index in [1.165, 1.54) is 0 Å². The minimum Gasteiger partial charge on any atom is -0.327 e. The molecule has 0 heterocycles. The van der Waals surface area contributed by atoms with Gasteiger partial charge in [0.1, 0.15) is 0 Å². The predicted molar refractivity (Wildman–Crippen MR) is 67.6 cm³/mol. The first kappa shape index (κ1) is 12.6. The Morgan fingerprint density at radius 2 is 2.07 bits per heavy atom. The number of halogens is 2. The summed E-state index contributed by atoms with van der Waals surface area (Å²) in [5.74, 6) is 0. The van der Waals surface area contributed by atoms with Gasteiger partial charge in [-0.25, -0.2) is 0 Å². The van der Waals surface area contributed by atoms with Crippen LogP contribution >= 0.6 is 23.2 Å². The zero-order valence-electron chi connectivity index (χ0n) is 8.76. The first-order valence-corrected chi connectivity index (χ1v) is 5.58. The monoisotopic (exact) mass is 243 g/mol. The summed E-state index contributed by atoms with van der Waals surface area (Å²) in [5, 5.41) is 1.16. The molecule has 0 bridgehead atoms. The van der Waals surface area contributed by atoms with E-state index in [0.29, 0.717) is 10.0 Å². The molecule has 1 atom stereocenters. The molecule has 1 rings (SSSR count). The molecule has 0 aliphatic rings. The van der Waals surface area contributed by atoms with Crippen LogP contribution in [0.2, 0.25) is 10.0 Å². The quantitative estimate of drug-likeness (QED) is 0.800.